The van der Waals surface area contributed by atoms with Crippen LogP contribution in [0.3, 0.4) is 0 Å². The number of ether oxygens (including phenoxy) is 1. The standard InChI is InChI=1S/C14H27NO2S/c1-5-11(2)18-10-8-12-7-6-9-14(12,15-3)13(16)17-4/h11-12,15H,5-10H2,1-4H3. The zero-order chi connectivity index (χ0) is 13.6. The van der Waals surface area contributed by atoms with Crippen molar-refractivity contribution in [3.8, 4) is 0 Å². The summed E-state index contributed by atoms with van der Waals surface area (Å²) in [6, 6.07) is 0. The van der Waals surface area contributed by atoms with Crippen molar-refractivity contribution in [2.75, 3.05) is 19.9 Å². The lowest BCUT2D eigenvalue weighted by molar-refractivity contribution is -0.150. The summed E-state index contributed by atoms with van der Waals surface area (Å²) in [4.78, 5) is 12.0. The van der Waals surface area contributed by atoms with Gasteiger partial charge in [0.1, 0.15) is 5.54 Å². The SMILES string of the molecule is CCC(C)SCCC1CCCC1(NC)C(=O)OC. The van der Waals surface area contributed by atoms with Gasteiger partial charge in [0.05, 0.1) is 7.11 Å². The maximum Gasteiger partial charge on any atom is 0.326 e. The predicted octanol–water partition coefficient (Wildman–Crippen LogP) is 2.84. The minimum absolute atomic E-state index is 0.0824. The summed E-state index contributed by atoms with van der Waals surface area (Å²) >= 11 is 2.01. The number of hydrogen-bond acceptors (Lipinski definition) is 4. The zero-order valence-corrected chi connectivity index (χ0v) is 12.9. The fraction of sp³-hybridized carbons (Fsp3) is 0.929. The first-order valence-electron chi connectivity index (χ1n) is 6.99. The molecule has 0 radical (unpaired) electrons. The van der Waals surface area contributed by atoms with E-state index in [1.54, 1.807) is 0 Å². The highest BCUT2D eigenvalue weighted by molar-refractivity contribution is 7.99. The molecule has 0 saturated heterocycles. The molecular formula is C14H27NO2S. The van der Waals surface area contributed by atoms with E-state index in [1.807, 2.05) is 18.8 Å². The number of thioether (sulfide) groups is 1. The smallest absolute Gasteiger partial charge is 0.326 e. The summed E-state index contributed by atoms with van der Waals surface area (Å²) in [7, 11) is 3.38. The molecule has 1 fully saturated rings. The Bertz CT molecular complexity index is 273. The van der Waals surface area contributed by atoms with Crippen LogP contribution in [0.4, 0.5) is 0 Å². The Morgan fingerprint density at radius 2 is 2.33 bits per heavy atom. The highest BCUT2D eigenvalue weighted by Gasteiger charge is 2.48. The fourth-order valence-electron chi connectivity index (χ4n) is 2.88. The van der Waals surface area contributed by atoms with Crippen LogP contribution in [0.1, 0.15) is 46.0 Å². The predicted molar refractivity (Wildman–Crippen MR) is 78.0 cm³/mol. The van der Waals surface area contributed by atoms with Crippen LogP contribution in [-0.4, -0.2) is 36.7 Å². The third-order valence-corrected chi connectivity index (χ3v) is 5.63. The topological polar surface area (TPSA) is 38.3 Å². The normalized spacial score (nSPS) is 29.2. The van der Waals surface area contributed by atoms with Crippen molar-refractivity contribution in [3.63, 3.8) is 0 Å². The van der Waals surface area contributed by atoms with Crippen LogP contribution in [0, 0.1) is 5.92 Å². The Hall–Kier alpha value is -0.220. The van der Waals surface area contributed by atoms with Crippen molar-refractivity contribution in [2.45, 2.75) is 56.7 Å². The van der Waals surface area contributed by atoms with Crippen LogP contribution < -0.4 is 5.32 Å². The molecule has 0 spiro atoms. The maximum atomic E-state index is 12.0. The third kappa shape index (κ3) is 3.41. The summed E-state index contributed by atoms with van der Waals surface area (Å²) in [6.07, 6.45) is 5.48. The number of likely N-dealkylation sites (N-methyl/N-ethyl adjacent to an activating group) is 1. The number of hydrogen-bond donors (Lipinski definition) is 1. The fourth-order valence-corrected chi connectivity index (χ4v) is 3.94. The molecule has 18 heavy (non-hydrogen) atoms. The van der Waals surface area contributed by atoms with Gasteiger partial charge in [-0.2, -0.15) is 11.8 Å². The van der Waals surface area contributed by atoms with Crippen molar-refractivity contribution >= 4 is 17.7 Å². The second-order valence-corrected chi connectivity index (χ2v) is 6.73. The Balaban J connectivity index is 2.55. The molecule has 0 aromatic heterocycles. The van der Waals surface area contributed by atoms with E-state index in [4.69, 9.17) is 4.74 Å². The Labute approximate surface area is 115 Å². The second-order valence-electron chi connectivity index (χ2n) is 5.18. The maximum absolute atomic E-state index is 12.0. The lowest BCUT2D eigenvalue weighted by Crippen LogP contribution is -2.53. The number of rotatable bonds is 7. The third-order valence-electron chi connectivity index (χ3n) is 4.26. The van der Waals surface area contributed by atoms with E-state index in [1.165, 1.54) is 13.5 Å². The van der Waals surface area contributed by atoms with Gasteiger partial charge in [0.15, 0.2) is 0 Å². The molecule has 3 nitrogen and oxygen atoms in total. The van der Waals surface area contributed by atoms with Crippen LogP contribution in [0.5, 0.6) is 0 Å². The molecule has 0 aliphatic heterocycles. The number of carbonyl (C=O) groups is 1. The average Bonchev–Trinajstić information content (AvgIpc) is 2.81. The van der Waals surface area contributed by atoms with Crippen molar-refractivity contribution in [1.82, 2.24) is 5.32 Å². The van der Waals surface area contributed by atoms with Crippen LogP contribution in [0.15, 0.2) is 0 Å². The molecule has 0 aromatic rings. The summed E-state index contributed by atoms with van der Waals surface area (Å²) in [5, 5.41) is 3.96. The molecule has 1 aliphatic carbocycles. The molecular weight excluding hydrogens is 246 g/mol. The van der Waals surface area contributed by atoms with E-state index in [9.17, 15) is 4.79 Å². The molecule has 0 bridgehead atoms. The van der Waals surface area contributed by atoms with Gasteiger partial charge in [-0.05, 0) is 44.4 Å². The molecule has 1 N–H and O–H groups in total. The molecule has 1 rings (SSSR count). The first-order valence-corrected chi connectivity index (χ1v) is 8.04. The zero-order valence-electron chi connectivity index (χ0n) is 12.1. The Kier molecular flexibility index (Phi) is 6.50. The Morgan fingerprint density at radius 1 is 1.61 bits per heavy atom. The minimum Gasteiger partial charge on any atom is -0.468 e. The van der Waals surface area contributed by atoms with Gasteiger partial charge in [0.2, 0.25) is 0 Å². The van der Waals surface area contributed by atoms with E-state index < -0.39 is 5.54 Å². The average molecular weight is 273 g/mol. The van der Waals surface area contributed by atoms with Crippen LogP contribution in [-0.2, 0) is 9.53 Å². The lowest BCUT2D eigenvalue weighted by atomic mass is 9.85. The number of methoxy groups -OCH3 is 1. The van der Waals surface area contributed by atoms with Gasteiger partial charge in [-0.25, -0.2) is 0 Å². The quantitative estimate of drug-likeness (QED) is 0.724. The van der Waals surface area contributed by atoms with Crippen LogP contribution >= 0.6 is 11.8 Å². The van der Waals surface area contributed by atoms with Crippen molar-refractivity contribution in [2.24, 2.45) is 5.92 Å². The van der Waals surface area contributed by atoms with Gasteiger partial charge in [0.25, 0.3) is 0 Å². The van der Waals surface area contributed by atoms with Gasteiger partial charge in [-0.3, -0.25) is 4.79 Å². The van der Waals surface area contributed by atoms with E-state index >= 15 is 0 Å². The van der Waals surface area contributed by atoms with Crippen LogP contribution in [0.25, 0.3) is 0 Å². The first kappa shape index (κ1) is 15.8. The van der Waals surface area contributed by atoms with Crippen molar-refractivity contribution in [1.29, 1.82) is 0 Å². The first-order chi connectivity index (χ1) is 8.60. The van der Waals surface area contributed by atoms with Gasteiger partial charge in [0, 0.05) is 5.25 Å². The highest BCUT2D eigenvalue weighted by Crippen LogP contribution is 2.39. The molecule has 1 aliphatic rings. The summed E-state index contributed by atoms with van der Waals surface area (Å²) in [5.41, 5.74) is -0.426. The summed E-state index contributed by atoms with van der Waals surface area (Å²) < 4.78 is 5.00. The van der Waals surface area contributed by atoms with Gasteiger partial charge in [-0.15, -0.1) is 0 Å². The van der Waals surface area contributed by atoms with E-state index in [-0.39, 0.29) is 5.97 Å². The van der Waals surface area contributed by atoms with Crippen molar-refractivity contribution in [3.05, 3.63) is 0 Å². The number of esters is 1. The summed E-state index contributed by atoms with van der Waals surface area (Å²) in [5.74, 6) is 1.48. The van der Waals surface area contributed by atoms with Gasteiger partial charge in [-0.1, -0.05) is 20.3 Å². The molecule has 3 unspecified atom stereocenters. The van der Waals surface area contributed by atoms with Crippen LogP contribution in [0.2, 0.25) is 0 Å². The summed E-state index contributed by atoms with van der Waals surface area (Å²) in [6.45, 7) is 4.49. The molecule has 0 aromatic carbocycles. The number of carbonyl (C=O) groups excluding carboxylic acids is 1. The van der Waals surface area contributed by atoms with E-state index in [0.29, 0.717) is 11.2 Å². The van der Waals surface area contributed by atoms with Gasteiger partial charge >= 0.3 is 5.97 Å². The molecule has 106 valence electrons. The second kappa shape index (κ2) is 7.39. The molecule has 0 heterocycles. The van der Waals surface area contributed by atoms with E-state index in [2.05, 4.69) is 19.2 Å². The Morgan fingerprint density at radius 3 is 2.89 bits per heavy atom. The lowest BCUT2D eigenvalue weighted by Gasteiger charge is -2.32. The van der Waals surface area contributed by atoms with Gasteiger partial charge < -0.3 is 10.1 Å². The molecule has 0 amide bonds. The monoisotopic (exact) mass is 273 g/mol. The largest absolute Gasteiger partial charge is 0.468 e. The minimum atomic E-state index is -0.426. The van der Waals surface area contributed by atoms with Crippen molar-refractivity contribution < 1.29 is 9.53 Å². The molecule has 3 atom stereocenters. The number of nitrogens with one attached hydrogen (secondary N) is 1. The molecule has 1 saturated carbocycles. The van der Waals surface area contributed by atoms with E-state index in [0.717, 1.165) is 31.4 Å². The highest BCUT2D eigenvalue weighted by atomic mass is 32.2. The molecule has 4 heteroatoms.